The minimum atomic E-state index is -1.65. The second-order valence-electron chi connectivity index (χ2n) is 3.97. The molecule has 5 heteroatoms. The van der Waals surface area contributed by atoms with Crippen molar-refractivity contribution in [1.82, 2.24) is 0 Å². The van der Waals surface area contributed by atoms with Gasteiger partial charge in [-0.2, -0.15) is 0 Å². The largest absolute Gasteiger partial charge is 0.491 e. The lowest BCUT2D eigenvalue weighted by molar-refractivity contribution is 0.290. The van der Waals surface area contributed by atoms with E-state index in [2.05, 4.69) is 6.92 Å². The van der Waals surface area contributed by atoms with Gasteiger partial charge in [-0.05, 0) is 24.0 Å². The van der Waals surface area contributed by atoms with E-state index in [0.29, 0.717) is 6.61 Å². The number of ether oxygens (including phenoxy) is 1. The summed E-state index contributed by atoms with van der Waals surface area (Å²) in [7, 11) is -1.65. The lowest BCUT2D eigenvalue weighted by Gasteiger charge is -2.08. The number of benzene rings is 1. The standard InChI is InChI=1S/C12H18BFO3/c1-2-3-4-5-8-17-12-7-6-10(13(15)16)9-11(12)14/h6-7,9,15-16H,2-5,8H2,1H3. The van der Waals surface area contributed by atoms with E-state index in [1.165, 1.54) is 12.1 Å². The van der Waals surface area contributed by atoms with Crippen molar-refractivity contribution in [3.8, 4) is 5.75 Å². The van der Waals surface area contributed by atoms with Crippen LogP contribution in [-0.2, 0) is 0 Å². The zero-order valence-electron chi connectivity index (χ0n) is 10.0. The molecule has 3 nitrogen and oxygen atoms in total. The van der Waals surface area contributed by atoms with Crippen LogP contribution in [0.25, 0.3) is 0 Å². The lowest BCUT2D eigenvalue weighted by atomic mass is 9.80. The maximum atomic E-state index is 13.4. The molecule has 0 bridgehead atoms. The summed E-state index contributed by atoms with van der Waals surface area (Å²) in [5.41, 5.74) is 0.126. The van der Waals surface area contributed by atoms with Gasteiger partial charge in [-0.25, -0.2) is 4.39 Å². The summed E-state index contributed by atoms with van der Waals surface area (Å²) < 4.78 is 18.7. The van der Waals surface area contributed by atoms with Gasteiger partial charge in [-0.1, -0.05) is 32.3 Å². The molecule has 0 saturated carbocycles. The summed E-state index contributed by atoms with van der Waals surface area (Å²) in [4.78, 5) is 0. The average Bonchev–Trinajstić information content (AvgIpc) is 2.30. The number of rotatable bonds is 7. The van der Waals surface area contributed by atoms with Gasteiger partial charge >= 0.3 is 7.12 Å². The topological polar surface area (TPSA) is 49.7 Å². The molecule has 0 aliphatic rings. The van der Waals surface area contributed by atoms with Crippen molar-refractivity contribution in [3.05, 3.63) is 24.0 Å². The molecule has 0 heterocycles. The van der Waals surface area contributed by atoms with Crippen molar-refractivity contribution >= 4 is 12.6 Å². The van der Waals surface area contributed by atoms with Crippen LogP contribution < -0.4 is 10.2 Å². The lowest BCUT2D eigenvalue weighted by Crippen LogP contribution is -2.30. The van der Waals surface area contributed by atoms with Gasteiger partial charge in [0.2, 0.25) is 0 Å². The van der Waals surface area contributed by atoms with E-state index >= 15 is 0 Å². The minimum Gasteiger partial charge on any atom is -0.491 e. The Morgan fingerprint density at radius 2 is 2.00 bits per heavy atom. The average molecular weight is 240 g/mol. The molecule has 2 N–H and O–H groups in total. The highest BCUT2D eigenvalue weighted by atomic mass is 19.1. The fraction of sp³-hybridized carbons (Fsp3) is 0.500. The second kappa shape index (κ2) is 7.30. The first-order valence-corrected chi connectivity index (χ1v) is 5.93. The summed E-state index contributed by atoms with van der Waals surface area (Å²) >= 11 is 0. The Balaban J connectivity index is 2.43. The Labute approximate surface area is 101 Å². The molecule has 0 spiro atoms. The molecular weight excluding hydrogens is 222 g/mol. The van der Waals surface area contributed by atoms with Crippen LogP contribution in [0.5, 0.6) is 5.75 Å². The van der Waals surface area contributed by atoms with Crippen molar-refractivity contribution in [2.24, 2.45) is 0 Å². The number of hydrogen-bond donors (Lipinski definition) is 2. The van der Waals surface area contributed by atoms with Crippen LogP contribution >= 0.6 is 0 Å². The predicted octanol–water partition coefficient (Wildman–Crippen LogP) is 1.46. The van der Waals surface area contributed by atoms with Gasteiger partial charge in [0.25, 0.3) is 0 Å². The highest BCUT2D eigenvalue weighted by Crippen LogP contribution is 2.15. The van der Waals surface area contributed by atoms with Crippen LogP contribution in [0.15, 0.2) is 18.2 Å². The molecule has 94 valence electrons. The first-order valence-electron chi connectivity index (χ1n) is 5.93. The van der Waals surface area contributed by atoms with E-state index in [0.717, 1.165) is 31.7 Å². The van der Waals surface area contributed by atoms with Crippen LogP contribution in [-0.4, -0.2) is 23.8 Å². The fourth-order valence-electron chi connectivity index (χ4n) is 1.51. The van der Waals surface area contributed by atoms with Crippen molar-refractivity contribution in [3.63, 3.8) is 0 Å². The van der Waals surface area contributed by atoms with Gasteiger partial charge in [0.1, 0.15) is 0 Å². The third-order valence-corrected chi connectivity index (χ3v) is 2.51. The molecule has 0 atom stereocenters. The number of halogens is 1. The summed E-state index contributed by atoms with van der Waals surface area (Å²) in [6.45, 7) is 2.61. The molecule has 0 fully saturated rings. The molecule has 1 aromatic carbocycles. The summed E-state index contributed by atoms with van der Waals surface area (Å²) in [6.07, 6.45) is 4.28. The molecule has 0 radical (unpaired) electrons. The second-order valence-corrected chi connectivity index (χ2v) is 3.97. The predicted molar refractivity (Wildman–Crippen MR) is 65.9 cm³/mol. The minimum absolute atomic E-state index is 0.126. The fourth-order valence-corrected chi connectivity index (χ4v) is 1.51. The van der Waals surface area contributed by atoms with Crippen molar-refractivity contribution in [1.29, 1.82) is 0 Å². The van der Waals surface area contributed by atoms with Crippen LogP contribution in [0.4, 0.5) is 4.39 Å². The van der Waals surface area contributed by atoms with E-state index in [1.54, 1.807) is 0 Å². The maximum absolute atomic E-state index is 13.4. The molecule has 17 heavy (non-hydrogen) atoms. The summed E-state index contributed by atoms with van der Waals surface area (Å²) in [5, 5.41) is 17.7. The van der Waals surface area contributed by atoms with E-state index < -0.39 is 12.9 Å². The van der Waals surface area contributed by atoms with Gasteiger partial charge in [-0.3, -0.25) is 0 Å². The van der Waals surface area contributed by atoms with Crippen LogP contribution in [0.2, 0.25) is 0 Å². The number of hydrogen-bond acceptors (Lipinski definition) is 3. The third-order valence-electron chi connectivity index (χ3n) is 2.51. The summed E-state index contributed by atoms with van der Waals surface area (Å²) in [6, 6.07) is 3.94. The van der Waals surface area contributed by atoms with E-state index in [-0.39, 0.29) is 11.2 Å². The van der Waals surface area contributed by atoms with Crippen molar-refractivity contribution in [2.75, 3.05) is 6.61 Å². The van der Waals surface area contributed by atoms with Crippen molar-refractivity contribution in [2.45, 2.75) is 32.6 Å². The molecule has 0 aromatic heterocycles. The van der Waals surface area contributed by atoms with Gasteiger partial charge in [0, 0.05) is 0 Å². The molecule has 0 aliphatic heterocycles. The van der Waals surface area contributed by atoms with Gasteiger partial charge in [0.05, 0.1) is 6.61 Å². The van der Waals surface area contributed by atoms with Crippen LogP contribution in [0, 0.1) is 5.82 Å². The van der Waals surface area contributed by atoms with Gasteiger partial charge in [0.15, 0.2) is 11.6 Å². The zero-order chi connectivity index (χ0) is 12.7. The smallest absolute Gasteiger partial charge is 0.488 e. The van der Waals surface area contributed by atoms with Crippen LogP contribution in [0.1, 0.15) is 32.6 Å². The normalized spacial score (nSPS) is 10.4. The zero-order valence-corrected chi connectivity index (χ0v) is 10.0. The Morgan fingerprint density at radius 3 is 2.59 bits per heavy atom. The maximum Gasteiger partial charge on any atom is 0.488 e. The molecule has 1 aromatic rings. The van der Waals surface area contributed by atoms with E-state index in [1.807, 2.05) is 0 Å². The first kappa shape index (κ1) is 14.0. The Morgan fingerprint density at radius 1 is 1.24 bits per heavy atom. The molecule has 1 rings (SSSR count). The summed E-state index contributed by atoms with van der Waals surface area (Å²) in [5.74, 6) is -0.406. The monoisotopic (exact) mass is 240 g/mol. The third kappa shape index (κ3) is 4.75. The molecule has 0 unspecified atom stereocenters. The highest BCUT2D eigenvalue weighted by Gasteiger charge is 2.13. The molecule has 0 amide bonds. The molecular formula is C12H18BFO3. The quantitative estimate of drug-likeness (QED) is 0.560. The molecule has 0 aliphatic carbocycles. The Hall–Kier alpha value is -1.07. The highest BCUT2D eigenvalue weighted by molar-refractivity contribution is 6.58. The number of unbranched alkanes of at least 4 members (excludes halogenated alkanes) is 3. The Bertz CT molecular complexity index is 345. The first-order chi connectivity index (χ1) is 8.15. The Kier molecular flexibility index (Phi) is 6.01. The molecule has 0 saturated heterocycles. The SMILES string of the molecule is CCCCCCOc1ccc(B(O)O)cc1F. The van der Waals surface area contributed by atoms with E-state index in [4.69, 9.17) is 14.8 Å². The van der Waals surface area contributed by atoms with Crippen LogP contribution in [0.3, 0.4) is 0 Å². The van der Waals surface area contributed by atoms with Gasteiger partial charge < -0.3 is 14.8 Å². The van der Waals surface area contributed by atoms with Gasteiger partial charge in [-0.15, -0.1) is 0 Å². The van der Waals surface area contributed by atoms with Crippen molar-refractivity contribution < 1.29 is 19.2 Å². The van der Waals surface area contributed by atoms with E-state index in [9.17, 15) is 4.39 Å².